The van der Waals surface area contributed by atoms with Crippen molar-refractivity contribution in [1.82, 2.24) is 4.90 Å². The lowest BCUT2D eigenvalue weighted by Gasteiger charge is -2.42. The van der Waals surface area contributed by atoms with Gasteiger partial charge in [0.15, 0.2) is 11.6 Å². The van der Waals surface area contributed by atoms with Crippen LogP contribution in [-0.4, -0.2) is 33.5 Å². The third kappa shape index (κ3) is 3.20. The number of carboxylic acid groups (broad SMARTS) is 1. The molecule has 0 aliphatic heterocycles. The molecule has 142 valence electrons. The second-order valence-corrected chi connectivity index (χ2v) is 7.02. The Bertz CT molecular complexity index is 851. The summed E-state index contributed by atoms with van der Waals surface area (Å²) in [5, 5.41) is 10.1. The van der Waals surface area contributed by atoms with Gasteiger partial charge in [0.25, 0.3) is 5.91 Å². The number of hydrogen-bond donors (Lipinski definition) is 1. The van der Waals surface area contributed by atoms with E-state index in [2.05, 4.69) is 0 Å². The van der Waals surface area contributed by atoms with Crippen LogP contribution in [0.15, 0.2) is 42.5 Å². The SMILES string of the molecule is CCC(C)N(C(=O)c1ccccc1)C1(C(=O)O)Cc2cc(F)c(F)cc2C1. The van der Waals surface area contributed by atoms with Gasteiger partial charge in [-0.2, -0.15) is 0 Å². The molecule has 1 aliphatic rings. The highest BCUT2D eigenvalue weighted by Gasteiger charge is 2.52. The molecule has 0 radical (unpaired) electrons. The molecule has 2 aromatic carbocycles. The first-order valence-corrected chi connectivity index (χ1v) is 8.89. The molecule has 6 heteroatoms. The fourth-order valence-corrected chi connectivity index (χ4v) is 3.79. The first-order valence-electron chi connectivity index (χ1n) is 8.89. The van der Waals surface area contributed by atoms with Gasteiger partial charge in [0.1, 0.15) is 5.54 Å². The molecule has 0 heterocycles. The van der Waals surface area contributed by atoms with Crippen LogP contribution in [0.1, 0.15) is 41.8 Å². The number of nitrogens with zero attached hydrogens (tertiary/aromatic N) is 1. The number of aliphatic carboxylic acids is 1. The minimum absolute atomic E-state index is 0.0578. The van der Waals surface area contributed by atoms with E-state index >= 15 is 0 Å². The van der Waals surface area contributed by atoms with E-state index in [1.54, 1.807) is 37.3 Å². The van der Waals surface area contributed by atoms with Crippen LogP contribution >= 0.6 is 0 Å². The fourth-order valence-electron chi connectivity index (χ4n) is 3.79. The highest BCUT2D eigenvalue weighted by Crippen LogP contribution is 2.38. The van der Waals surface area contributed by atoms with Crippen molar-refractivity contribution >= 4 is 11.9 Å². The Labute approximate surface area is 156 Å². The van der Waals surface area contributed by atoms with Crippen LogP contribution in [0, 0.1) is 11.6 Å². The van der Waals surface area contributed by atoms with Crippen LogP contribution in [0.3, 0.4) is 0 Å². The maximum atomic E-state index is 13.7. The molecular formula is C21H21F2NO3. The third-order valence-electron chi connectivity index (χ3n) is 5.34. The van der Waals surface area contributed by atoms with E-state index in [1.807, 2.05) is 6.92 Å². The van der Waals surface area contributed by atoms with Crippen molar-refractivity contribution in [2.75, 3.05) is 0 Å². The Morgan fingerprint density at radius 1 is 1.11 bits per heavy atom. The van der Waals surface area contributed by atoms with E-state index in [0.29, 0.717) is 23.1 Å². The normalized spacial score (nSPS) is 15.9. The van der Waals surface area contributed by atoms with E-state index in [-0.39, 0.29) is 18.9 Å². The Morgan fingerprint density at radius 2 is 1.63 bits per heavy atom. The van der Waals surface area contributed by atoms with Gasteiger partial charge in [0.05, 0.1) is 0 Å². The van der Waals surface area contributed by atoms with Crippen molar-refractivity contribution in [3.05, 3.63) is 70.8 Å². The maximum absolute atomic E-state index is 13.7. The molecular weight excluding hydrogens is 352 g/mol. The van der Waals surface area contributed by atoms with Crippen LogP contribution in [0.25, 0.3) is 0 Å². The first kappa shape index (κ1) is 19.0. The summed E-state index contributed by atoms with van der Waals surface area (Å²) in [4.78, 5) is 27.0. The van der Waals surface area contributed by atoms with Gasteiger partial charge < -0.3 is 10.0 Å². The van der Waals surface area contributed by atoms with Gasteiger partial charge in [-0.05, 0) is 48.7 Å². The van der Waals surface area contributed by atoms with Crippen molar-refractivity contribution in [3.63, 3.8) is 0 Å². The number of amides is 1. The summed E-state index contributed by atoms with van der Waals surface area (Å²) in [5.41, 5.74) is -0.354. The molecule has 0 spiro atoms. The molecule has 0 saturated heterocycles. The summed E-state index contributed by atoms with van der Waals surface area (Å²) >= 11 is 0. The first-order chi connectivity index (χ1) is 12.8. The van der Waals surface area contributed by atoms with Crippen LogP contribution in [0.5, 0.6) is 0 Å². The van der Waals surface area contributed by atoms with E-state index in [0.717, 1.165) is 12.1 Å². The number of fused-ring (bicyclic) bond motifs is 1. The highest BCUT2D eigenvalue weighted by atomic mass is 19.2. The van der Waals surface area contributed by atoms with Crippen molar-refractivity contribution in [1.29, 1.82) is 0 Å². The highest BCUT2D eigenvalue weighted by molar-refractivity contribution is 5.98. The molecule has 1 amide bonds. The topological polar surface area (TPSA) is 57.6 Å². The van der Waals surface area contributed by atoms with Gasteiger partial charge >= 0.3 is 5.97 Å². The van der Waals surface area contributed by atoms with Gasteiger partial charge in [-0.15, -0.1) is 0 Å². The molecule has 27 heavy (non-hydrogen) atoms. The van der Waals surface area contributed by atoms with Crippen molar-refractivity contribution < 1.29 is 23.5 Å². The van der Waals surface area contributed by atoms with Gasteiger partial charge in [-0.25, -0.2) is 13.6 Å². The lowest BCUT2D eigenvalue weighted by atomic mass is 9.90. The molecule has 1 N–H and O–H groups in total. The van der Waals surface area contributed by atoms with E-state index < -0.39 is 29.0 Å². The van der Waals surface area contributed by atoms with Crippen molar-refractivity contribution in [3.8, 4) is 0 Å². The number of carbonyl (C=O) groups excluding carboxylic acids is 1. The molecule has 0 aromatic heterocycles. The molecule has 1 aliphatic carbocycles. The lowest BCUT2D eigenvalue weighted by molar-refractivity contribution is -0.150. The standard InChI is InChI=1S/C21H21F2NO3/c1-3-13(2)24(19(25)14-7-5-4-6-8-14)21(20(26)27)11-15-9-17(22)18(23)10-16(15)12-21/h4-10,13H,3,11-12H2,1-2H3,(H,26,27). The Balaban J connectivity index is 2.10. The molecule has 1 atom stereocenters. The van der Waals surface area contributed by atoms with Crippen LogP contribution in [0.4, 0.5) is 8.78 Å². The third-order valence-corrected chi connectivity index (χ3v) is 5.34. The van der Waals surface area contributed by atoms with Crippen LogP contribution < -0.4 is 0 Å². The van der Waals surface area contributed by atoms with Crippen LogP contribution in [0.2, 0.25) is 0 Å². The number of hydrogen-bond acceptors (Lipinski definition) is 2. The fraction of sp³-hybridized carbons (Fsp3) is 0.333. The second-order valence-electron chi connectivity index (χ2n) is 7.02. The Hall–Kier alpha value is -2.76. The predicted octanol–water partition coefficient (Wildman–Crippen LogP) is 3.83. The van der Waals surface area contributed by atoms with Crippen LogP contribution in [-0.2, 0) is 17.6 Å². The zero-order valence-electron chi connectivity index (χ0n) is 15.2. The minimum atomic E-state index is -1.58. The summed E-state index contributed by atoms with van der Waals surface area (Å²) in [6, 6.07) is 10.2. The quantitative estimate of drug-likeness (QED) is 0.867. The Kier molecular flexibility index (Phi) is 5.00. The largest absolute Gasteiger partial charge is 0.479 e. The second kappa shape index (κ2) is 7.10. The van der Waals surface area contributed by atoms with Crippen molar-refractivity contribution in [2.24, 2.45) is 0 Å². The zero-order chi connectivity index (χ0) is 19.8. The van der Waals surface area contributed by atoms with Gasteiger partial charge in [0, 0.05) is 24.4 Å². The smallest absolute Gasteiger partial charge is 0.330 e. The maximum Gasteiger partial charge on any atom is 0.330 e. The van der Waals surface area contributed by atoms with Gasteiger partial charge in [-0.1, -0.05) is 25.1 Å². The molecule has 4 nitrogen and oxygen atoms in total. The number of benzene rings is 2. The van der Waals surface area contributed by atoms with E-state index in [4.69, 9.17) is 0 Å². The predicted molar refractivity (Wildman–Crippen MR) is 96.5 cm³/mol. The number of carbonyl (C=O) groups is 2. The summed E-state index contributed by atoms with van der Waals surface area (Å²) < 4.78 is 27.3. The molecule has 1 unspecified atom stereocenters. The molecule has 2 aromatic rings. The molecule has 0 bridgehead atoms. The summed E-state index contributed by atoms with van der Waals surface area (Å²) in [5.74, 6) is -3.61. The number of halogens is 2. The summed E-state index contributed by atoms with van der Waals surface area (Å²) in [6.45, 7) is 3.66. The van der Waals surface area contributed by atoms with Gasteiger partial charge in [0.2, 0.25) is 0 Å². The van der Waals surface area contributed by atoms with Gasteiger partial charge in [-0.3, -0.25) is 4.79 Å². The van der Waals surface area contributed by atoms with E-state index in [9.17, 15) is 23.5 Å². The summed E-state index contributed by atoms with van der Waals surface area (Å²) in [7, 11) is 0. The lowest BCUT2D eigenvalue weighted by Crippen LogP contribution is -2.61. The van der Waals surface area contributed by atoms with Crippen molar-refractivity contribution in [2.45, 2.75) is 44.7 Å². The number of carboxylic acids is 1. The molecule has 3 rings (SSSR count). The molecule has 0 fully saturated rings. The van der Waals surface area contributed by atoms with E-state index in [1.165, 1.54) is 4.90 Å². The average molecular weight is 373 g/mol. The Morgan fingerprint density at radius 3 is 2.07 bits per heavy atom. The molecule has 0 saturated carbocycles. The number of rotatable bonds is 5. The monoisotopic (exact) mass is 373 g/mol. The summed E-state index contributed by atoms with van der Waals surface area (Å²) in [6.07, 6.45) is 0.433. The average Bonchev–Trinajstić information content (AvgIpc) is 3.01. The zero-order valence-corrected chi connectivity index (χ0v) is 15.2. The minimum Gasteiger partial charge on any atom is -0.479 e.